The Balaban J connectivity index is 2.33. The van der Waals surface area contributed by atoms with E-state index in [0.29, 0.717) is 5.92 Å². The molecule has 1 heterocycles. The van der Waals surface area contributed by atoms with E-state index in [-0.39, 0.29) is 0 Å². The van der Waals surface area contributed by atoms with Crippen LogP contribution in [0.15, 0.2) is 48.5 Å². The lowest BCUT2D eigenvalue weighted by Gasteiger charge is -2.11. The molecule has 0 bridgehead atoms. The Labute approximate surface area is 118 Å². The second-order valence-electron chi connectivity index (χ2n) is 5.19. The van der Waals surface area contributed by atoms with Crippen molar-refractivity contribution in [1.82, 2.24) is 9.55 Å². The van der Waals surface area contributed by atoms with Crippen LogP contribution in [-0.2, 0) is 0 Å². The van der Waals surface area contributed by atoms with Crippen LogP contribution in [0, 0.1) is 5.41 Å². The molecular formula is C17H17N3. The number of rotatable bonds is 3. The molecule has 0 saturated carbocycles. The van der Waals surface area contributed by atoms with E-state index >= 15 is 0 Å². The van der Waals surface area contributed by atoms with Crippen LogP contribution in [0.4, 0.5) is 0 Å². The first-order chi connectivity index (χ1) is 9.70. The minimum atomic E-state index is 0.339. The lowest BCUT2D eigenvalue weighted by molar-refractivity contribution is 0.760. The van der Waals surface area contributed by atoms with Crippen molar-refractivity contribution in [2.45, 2.75) is 19.8 Å². The number of nitrogens with one attached hydrogen (secondary N) is 1. The van der Waals surface area contributed by atoms with Gasteiger partial charge in [-0.2, -0.15) is 0 Å². The summed E-state index contributed by atoms with van der Waals surface area (Å²) >= 11 is 0. The molecule has 0 aliphatic heterocycles. The quantitative estimate of drug-likeness (QED) is 0.709. The van der Waals surface area contributed by atoms with Gasteiger partial charge in [0.1, 0.15) is 5.82 Å². The summed E-state index contributed by atoms with van der Waals surface area (Å²) in [5.74, 6) is 1.39. The molecule has 1 aromatic heterocycles. The fraction of sp³-hybridized carbons (Fsp3) is 0.176. The maximum absolute atomic E-state index is 7.37. The second-order valence-corrected chi connectivity index (χ2v) is 5.19. The summed E-state index contributed by atoms with van der Waals surface area (Å²) in [5.41, 5.74) is 4.04. The molecule has 0 atom stereocenters. The fourth-order valence-corrected chi connectivity index (χ4v) is 2.44. The van der Waals surface area contributed by atoms with Crippen LogP contribution in [0.1, 0.15) is 31.2 Å². The van der Waals surface area contributed by atoms with Crippen molar-refractivity contribution >= 4 is 17.2 Å². The van der Waals surface area contributed by atoms with Crippen LogP contribution in [0.2, 0.25) is 0 Å². The standard InChI is InChI=1S/C17H17N3/c1-12(2)17-19-15-10-13(11-18)8-9-16(15)20(17)14-6-4-3-5-7-14/h3-12,18H,1-2H3. The Morgan fingerprint density at radius 1 is 1.10 bits per heavy atom. The Kier molecular flexibility index (Phi) is 3.11. The van der Waals surface area contributed by atoms with E-state index in [2.05, 4.69) is 30.5 Å². The Morgan fingerprint density at radius 2 is 1.85 bits per heavy atom. The number of hydrogen-bond acceptors (Lipinski definition) is 2. The number of benzene rings is 2. The van der Waals surface area contributed by atoms with E-state index in [1.165, 1.54) is 6.21 Å². The number of fused-ring (bicyclic) bond motifs is 1. The number of hydrogen-bond donors (Lipinski definition) is 1. The molecule has 1 N–H and O–H groups in total. The van der Waals surface area contributed by atoms with Crippen molar-refractivity contribution < 1.29 is 0 Å². The molecule has 0 amide bonds. The predicted octanol–water partition coefficient (Wildman–Crippen LogP) is 4.15. The SMILES string of the molecule is CC(C)c1nc2cc(C=N)ccc2n1-c1ccccc1. The van der Waals surface area contributed by atoms with Gasteiger partial charge in [0.15, 0.2) is 0 Å². The molecule has 100 valence electrons. The number of nitrogens with zero attached hydrogens (tertiary/aromatic N) is 2. The summed E-state index contributed by atoms with van der Waals surface area (Å²) in [7, 11) is 0. The van der Waals surface area contributed by atoms with Gasteiger partial charge in [-0.25, -0.2) is 4.98 Å². The molecular weight excluding hydrogens is 246 g/mol. The van der Waals surface area contributed by atoms with Crippen LogP contribution in [0.3, 0.4) is 0 Å². The van der Waals surface area contributed by atoms with E-state index < -0.39 is 0 Å². The van der Waals surface area contributed by atoms with Crippen molar-refractivity contribution in [3.8, 4) is 5.69 Å². The van der Waals surface area contributed by atoms with Gasteiger partial charge in [-0.3, -0.25) is 4.57 Å². The van der Waals surface area contributed by atoms with Gasteiger partial charge in [-0.15, -0.1) is 0 Å². The topological polar surface area (TPSA) is 41.7 Å². The molecule has 0 aliphatic carbocycles. The normalized spacial score (nSPS) is 11.2. The van der Waals surface area contributed by atoms with Crippen molar-refractivity contribution in [2.24, 2.45) is 0 Å². The Hall–Kier alpha value is -2.42. The first-order valence-corrected chi connectivity index (χ1v) is 6.79. The van der Waals surface area contributed by atoms with Gasteiger partial charge in [0.2, 0.25) is 0 Å². The highest BCUT2D eigenvalue weighted by Gasteiger charge is 2.14. The molecule has 0 spiro atoms. The lowest BCUT2D eigenvalue weighted by atomic mass is 10.2. The molecule has 20 heavy (non-hydrogen) atoms. The fourth-order valence-electron chi connectivity index (χ4n) is 2.44. The maximum Gasteiger partial charge on any atom is 0.117 e. The van der Waals surface area contributed by atoms with E-state index in [1.807, 2.05) is 36.4 Å². The Bertz CT molecular complexity index is 755. The first-order valence-electron chi connectivity index (χ1n) is 6.79. The van der Waals surface area contributed by atoms with Gasteiger partial charge in [-0.1, -0.05) is 38.1 Å². The average molecular weight is 263 g/mol. The second kappa shape index (κ2) is 4.93. The molecule has 0 aliphatic rings. The van der Waals surface area contributed by atoms with Gasteiger partial charge in [0.05, 0.1) is 11.0 Å². The highest BCUT2D eigenvalue weighted by atomic mass is 15.1. The Morgan fingerprint density at radius 3 is 2.50 bits per heavy atom. The number of aromatic nitrogens is 2. The monoisotopic (exact) mass is 263 g/mol. The van der Waals surface area contributed by atoms with E-state index in [4.69, 9.17) is 10.4 Å². The molecule has 3 nitrogen and oxygen atoms in total. The van der Waals surface area contributed by atoms with Crippen molar-refractivity contribution in [1.29, 1.82) is 5.41 Å². The average Bonchev–Trinajstić information content (AvgIpc) is 2.86. The minimum Gasteiger partial charge on any atom is -0.308 e. The summed E-state index contributed by atoms with van der Waals surface area (Å²) in [5, 5.41) is 7.37. The van der Waals surface area contributed by atoms with Crippen molar-refractivity contribution in [2.75, 3.05) is 0 Å². The number of para-hydroxylation sites is 1. The van der Waals surface area contributed by atoms with Gasteiger partial charge < -0.3 is 5.41 Å². The van der Waals surface area contributed by atoms with Gasteiger partial charge in [-0.05, 0) is 29.8 Å². The number of imidazole rings is 1. The lowest BCUT2D eigenvalue weighted by Crippen LogP contribution is -2.02. The summed E-state index contributed by atoms with van der Waals surface area (Å²) in [6, 6.07) is 16.3. The van der Waals surface area contributed by atoms with Crippen LogP contribution < -0.4 is 0 Å². The third-order valence-corrected chi connectivity index (χ3v) is 3.40. The minimum absolute atomic E-state index is 0.339. The van der Waals surface area contributed by atoms with E-state index in [1.54, 1.807) is 0 Å². The molecule has 2 aromatic carbocycles. The van der Waals surface area contributed by atoms with Crippen LogP contribution in [-0.4, -0.2) is 15.8 Å². The van der Waals surface area contributed by atoms with Crippen molar-refractivity contribution in [3.05, 3.63) is 59.9 Å². The summed E-state index contributed by atoms with van der Waals surface area (Å²) in [4.78, 5) is 4.76. The predicted molar refractivity (Wildman–Crippen MR) is 83.0 cm³/mol. The third-order valence-electron chi connectivity index (χ3n) is 3.40. The molecule has 0 saturated heterocycles. The molecule has 3 heteroatoms. The third kappa shape index (κ3) is 2.01. The van der Waals surface area contributed by atoms with Crippen molar-refractivity contribution in [3.63, 3.8) is 0 Å². The maximum atomic E-state index is 7.37. The largest absolute Gasteiger partial charge is 0.308 e. The summed E-state index contributed by atoms with van der Waals surface area (Å²) in [6.45, 7) is 4.30. The first kappa shape index (κ1) is 12.6. The molecule has 0 unspecified atom stereocenters. The van der Waals surface area contributed by atoms with Crippen LogP contribution >= 0.6 is 0 Å². The van der Waals surface area contributed by atoms with Gasteiger partial charge in [0, 0.05) is 17.8 Å². The zero-order chi connectivity index (χ0) is 14.1. The van der Waals surface area contributed by atoms with E-state index in [0.717, 1.165) is 28.1 Å². The van der Waals surface area contributed by atoms with Crippen LogP contribution in [0.25, 0.3) is 16.7 Å². The summed E-state index contributed by atoms with van der Waals surface area (Å²) < 4.78 is 2.20. The van der Waals surface area contributed by atoms with Crippen LogP contribution in [0.5, 0.6) is 0 Å². The van der Waals surface area contributed by atoms with Gasteiger partial charge in [0.25, 0.3) is 0 Å². The zero-order valence-corrected chi connectivity index (χ0v) is 11.7. The molecule has 0 radical (unpaired) electrons. The summed E-state index contributed by atoms with van der Waals surface area (Å²) in [6.07, 6.45) is 1.36. The molecule has 0 fully saturated rings. The van der Waals surface area contributed by atoms with E-state index in [9.17, 15) is 0 Å². The molecule has 3 aromatic rings. The highest BCUT2D eigenvalue weighted by molar-refractivity contribution is 5.87. The smallest absolute Gasteiger partial charge is 0.117 e. The van der Waals surface area contributed by atoms with Gasteiger partial charge >= 0.3 is 0 Å². The zero-order valence-electron chi connectivity index (χ0n) is 11.7. The highest BCUT2D eigenvalue weighted by Crippen LogP contribution is 2.26. The molecule has 3 rings (SSSR count).